The van der Waals surface area contributed by atoms with Gasteiger partial charge in [-0.2, -0.15) is 0 Å². The van der Waals surface area contributed by atoms with Gasteiger partial charge in [0, 0.05) is 11.9 Å². The highest BCUT2D eigenvalue weighted by atomic mass is 16.4. The molecule has 0 unspecified atom stereocenters. The molecule has 0 aliphatic rings. The molecule has 0 fully saturated rings. The summed E-state index contributed by atoms with van der Waals surface area (Å²) in [7, 11) is 0. The van der Waals surface area contributed by atoms with Crippen molar-refractivity contribution in [2.45, 2.75) is 39.2 Å². The largest absolute Gasteiger partial charge is 0.480 e. The molecule has 1 rings (SSSR count). The van der Waals surface area contributed by atoms with Gasteiger partial charge in [0.1, 0.15) is 5.54 Å². The minimum Gasteiger partial charge on any atom is -0.480 e. The summed E-state index contributed by atoms with van der Waals surface area (Å²) >= 11 is 0. The van der Waals surface area contributed by atoms with Crippen LogP contribution in [0.15, 0.2) is 12.3 Å². The third-order valence-corrected chi connectivity index (χ3v) is 2.76. The van der Waals surface area contributed by atoms with Crippen LogP contribution in [0.5, 0.6) is 0 Å². The summed E-state index contributed by atoms with van der Waals surface area (Å²) in [4.78, 5) is 19.4. The van der Waals surface area contributed by atoms with Gasteiger partial charge in [-0.25, -0.2) is 14.8 Å². The average Bonchev–Trinajstić information content (AvgIpc) is 2.25. The molecule has 1 aromatic rings. The zero-order valence-corrected chi connectivity index (χ0v) is 9.82. The molecule has 0 aliphatic heterocycles. The Morgan fingerprint density at radius 3 is 2.56 bits per heavy atom. The lowest BCUT2D eigenvalue weighted by molar-refractivity contribution is -0.142. The second kappa shape index (κ2) is 4.92. The van der Waals surface area contributed by atoms with Crippen molar-refractivity contribution in [2.24, 2.45) is 0 Å². The molecule has 0 aromatic carbocycles. The fourth-order valence-electron chi connectivity index (χ4n) is 1.51. The van der Waals surface area contributed by atoms with Crippen molar-refractivity contribution in [3.05, 3.63) is 18.0 Å². The highest BCUT2D eigenvalue weighted by molar-refractivity contribution is 5.81. The minimum atomic E-state index is -0.978. The average molecular weight is 223 g/mol. The smallest absolute Gasteiger partial charge is 0.329 e. The van der Waals surface area contributed by atoms with Crippen molar-refractivity contribution in [2.75, 3.05) is 5.32 Å². The van der Waals surface area contributed by atoms with Crippen LogP contribution in [-0.4, -0.2) is 26.6 Å². The van der Waals surface area contributed by atoms with Crippen molar-refractivity contribution in [3.63, 3.8) is 0 Å². The van der Waals surface area contributed by atoms with Gasteiger partial charge in [-0.3, -0.25) is 0 Å². The van der Waals surface area contributed by atoms with E-state index < -0.39 is 11.5 Å². The molecule has 0 atom stereocenters. The monoisotopic (exact) mass is 223 g/mol. The fraction of sp³-hybridized carbons (Fsp3) is 0.545. The fourth-order valence-corrected chi connectivity index (χ4v) is 1.51. The molecule has 1 aromatic heterocycles. The number of carbonyl (C=O) groups is 1. The molecule has 5 nitrogen and oxygen atoms in total. The summed E-state index contributed by atoms with van der Waals surface area (Å²) in [6.45, 7) is 5.51. The molecule has 5 heteroatoms. The van der Waals surface area contributed by atoms with Gasteiger partial charge in [-0.15, -0.1) is 0 Å². The summed E-state index contributed by atoms with van der Waals surface area (Å²) in [5, 5.41) is 12.1. The van der Waals surface area contributed by atoms with E-state index in [1.165, 1.54) is 0 Å². The van der Waals surface area contributed by atoms with Gasteiger partial charge < -0.3 is 10.4 Å². The third kappa shape index (κ3) is 2.48. The first-order valence-corrected chi connectivity index (χ1v) is 5.35. The maximum atomic E-state index is 11.3. The Balaban J connectivity index is 2.96. The molecule has 2 N–H and O–H groups in total. The van der Waals surface area contributed by atoms with E-state index in [-0.39, 0.29) is 0 Å². The van der Waals surface area contributed by atoms with Gasteiger partial charge in [-0.05, 0) is 25.8 Å². The number of nitrogens with one attached hydrogen (secondary N) is 1. The SMILES string of the molecule is CCC(CC)(Nc1nccc(C)n1)C(=O)O. The Kier molecular flexibility index (Phi) is 3.82. The summed E-state index contributed by atoms with van der Waals surface area (Å²) in [5.74, 6) is -0.506. The van der Waals surface area contributed by atoms with Crippen LogP contribution in [0.25, 0.3) is 0 Å². The summed E-state index contributed by atoms with van der Waals surface area (Å²) < 4.78 is 0. The van der Waals surface area contributed by atoms with Gasteiger partial charge in [-0.1, -0.05) is 13.8 Å². The number of carboxylic acids is 1. The maximum Gasteiger partial charge on any atom is 0.329 e. The maximum absolute atomic E-state index is 11.3. The van der Waals surface area contributed by atoms with E-state index >= 15 is 0 Å². The summed E-state index contributed by atoms with van der Waals surface area (Å²) in [5.41, 5.74) is -0.169. The highest BCUT2D eigenvalue weighted by Gasteiger charge is 2.35. The molecule has 0 saturated carbocycles. The number of aryl methyl sites for hydroxylation is 1. The number of aromatic nitrogens is 2. The van der Waals surface area contributed by atoms with Crippen LogP contribution in [0.3, 0.4) is 0 Å². The zero-order chi connectivity index (χ0) is 12.2. The van der Waals surface area contributed by atoms with Crippen LogP contribution >= 0.6 is 0 Å². The lowest BCUT2D eigenvalue weighted by Crippen LogP contribution is -2.45. The Labute approximate surface area is 94.9 Å². The number of rotatable bonds is 5. The molecule has 0 radical (unpaired) electrons. The van der Waals surface area contributed by atoms with Crippen LogP contribution in [-0.2, 0) is 4.79 Å². The molecule has 88 valence electrons. The van der Waals surface area contributed by atoms with Crippen LogP contribution in [0.4, 0.5) is 5.95 Å². The predicted octanol–water partition coefficient (Wildman–Crippen LogP) is 1.84. The lowest BCUT2D eigenvalue weighted by Gasteiger charge is -2.27. The van der Waals surface area contributed by atoms with E-state index in [1.54, 1.807) is 12.3 Å². The van der Waals surface area contributed by atoms with E-state index in [9.17, 15) is 9.90 Å². The Bertz CT molecular complexity index is 375. The Morgan fingerprint density at radius 1 is 1.50 bits per heavy atom. The number of hydrogen-bond acceptors (Lipinski definition) is 4. The lowest BCUT2D eigenvalue weighted by atomic mass is 9.93. The van der Waals surface area contributed by atoms with Gasteiger partial charge >= 0.3 is 5.97 Å². The molecule has 0 bridgehead atoms. The van der Waals surface area contributed by atoms with Crippen LogP contribution in [0.1, 0.15) is 32.4 Å². The Morgan fingerprint density at radius 2 is 2.12 bits per heavy atom. The van der Waals surface area contributed by atoms with Gasteiger partial charge in [0.25, 0.3) is 0 Å². The molecule has 0 aliphatic carbocycles. The second-order valence-corrected chi connectivity index (χ2v) is 3.74. The molecule has 1 heterocycles. The van der Waals surface area contributed by atoms with Crippen molar-refractivity contribution in [1.29, 1.82) is 0 Å². The molecule has 0 spiro atoms. The molecule has 0 amide bonds. The second-order valence-electron chi connectivity index (χ2n) is 3.74. The van der Waals surface area contributed by atoms with Crippen LogP contribution in [0, 0.1) is 6.92 Å². The quantitative estimate of drug-likeness (QED) is 0.796. The molecular weight excluding hydrogens is 206 g/mol. The summed E-state index contributed by atoms with van der Waals surface area (Å²) in [6, 6.07) is 1.77. The normalized spacial score (nSPS) is 11.2. The standard InChI is InChI=1S/C11H17N3O2/c1-4-11(5-2,9(15)16)14-10-12-7-6-8(3)13-10/h6-7H,4-5H2,1-3H3,(H,15,16)(H,12,13,14). The highest BCUT2D eigenvalue weighted by Crippen LogP contribution is 2.20. The number of carboxylic acid groups (broad SMARTS) is 1. The molecule has 0 saturated heterocycles. The van der Waals surface area contributed by atoms with Crippen molar-refractivity contribution in [1.82, 2.24) is 9.97 Å². The van der Waals surface area contributed by atoms with E-state index in [2.05, 4.69) is 15.3 Å². The molecular formula is C11H17N3O2. The van der Waals surface area contributed by atoms with E-state index in [0.717, 1.165) is 5.69 Å². The Hall–Kier alpha value is -1.65. The van der Waals surface area contributed by atoms with E-state index in [1.807, 2.05) is 20.8 Å². The van der Waals surface area contributed by atoms with Crippen molar-refractivity contribution >= 4 is 11.9 Å². The number of anilines is 1. The van der Waals surface area contributed by atoms with Gasteiger partial charge in [0.15, 0.2) is 0 Å². The van der Waals surface area contributed by atoms with Crippen LogP contribution < -0.4 is 5.32 Å². The number of hydrogen-bond donors (Lipinski definition) is 2. The molecule has 16 heavy (non-hydrogen) atoms. The van der Waals surface area contributed by atoms with E-state index in [0.29, 0.717) is 18.8 Å². The van der Waals surface area contributed by atoms with Crippen molar-refractivity contribution in [3.8, 4) is 0 Å². The number of aliphatic carboxylic acids is 1. The van der Waals surface area contributed by atoms with Crippen LogP contribution in [0.2, 0.25) is 0 Å². The minimum absolute atomic E-state index is 0.367. The number of nitrogens with zero attached hydrogens (tertiary/aromatic N) is 2. The first-order chi connectivity index (χ1) is 7.54. The third-order valence-electron chi connectivity index (χ3n) is 2.76. The first-order valence-electron chi connectivity index (χ1n) is 5.35. The summed E-state index contributed by atoms with van der Waals surface area (Å²) in [6.07, 6.45) is 2.58. The predicted molar refractivity (Wildman–Crippen MR) is 61.3 cm³/mol. The zero-order valence-electron chi connectivity index (χ0n) is 9.82. The van der Waals surface area contributed by atoms with E-state index in [4.69, 9.17) is 0 Å². The topological polar surface area (TPSA) is 75.1 Å². The van der Waals surface area contributed by atoms with Crippen molar-refractivity contribution < 1.29 is 9.90 Å². The van der Waals surface area contributed by atoms with Gasteiger partial charge in [0.2, 0.25) is 5.95 Å². The van der Waals surface area contributed by atoms with Gasteiger partial charge in [0.05, 0.1) is 0 Å². The first kappa shape index (κ1) is 12.4.